The molecular weight excluding hydrogens is 491 g/mol. The van der Waals surface area contributed by atoms with E-state index in [4.69, 9.17) is 16.6 Å². The number of halogens is 2. The molecule has 4 aromatic rings. The largest absolute Gasteiger partial charge is 0.348 e. The molecule has 0 spiro atoms. The lowest BCUT2D eigenvalue weighted by atomic mass is 10.0. The number of carbonyl (C=O) groups excluding carboxylic acids is 1. The Morgan fingerprint density at radius 3 is 2.63 bits per heavy atom. The van der Waals surface area contributed by atoms with Gasteiger partial charge in [-0.1, -0.05) is 29.8 Å². The summed E-state index contributed by atoms with van der Waals surface area (Å²) in [5.74, 6) is -0.674. The Labute approximate surface area is 206 Å². The van der Waals surface area contributed by atoms with Crippen LogP contribution in [0.5, 0.6) is 0 Å². The summed E-state index contributed by atoms with van der Waals surface area (Å²) in [7, 11) is -3.16. The van der Waals surface area contributed by atoms with E-state index in [0.29, 0.717) is 45.0 Å². The molecule has 1 atom stereocenters. The number of aryl methyl sites for hydroxylation is 1. The molecule has 1 aliphatic rings. The van der Waals surface area contributed by atoms with Crippen molar-refractivity contribution in [3.8, 4) is 11.3 Å². The number of aromatic nitrogens is 3. The third-order valence-electron chi connectivity index (χ3n) is 6.17. The van der Waals surface area contributed by atoms with Gasteiger partial charge >= 0.3 is 0 Å². The smallest absolute Gasteiger partial charge is 0.252 e. The first-order valence-corrected chi connectivity index (χ1v) is 13.3. The van der Waals surface area contributed by atoms with Crippen LogP contribution in [-0.4, -0.2) is 40.6 Å². The Morgan fingerprint density at radius 2 is 1.94 bits per heavy atom. The van der Waals surface area contributed by atoms with E-state index in [-0.39, 0.29) is 35.8 Å². The van der Waals surface area contributed by atoms with Gasteiger partial charge in [0.1, 0.15) is 5.82 Å². The number of benzene rings is 2. The Balaban J connectivity index is 1.61. The number of fused-ring (bicyclic) bond motifs is 1. The van der Waals surface area contributed by atoms with Crippen LogP contribution in [0.2, 0.25) is 5.02 Å². The van der Waals surface area contributed by atoms with E-state index in [1.165, 1.54) is 12.1 Å². The maximum Gasteiger partial charge on any atom is 0.252 e. The maximum atomic E-state index is 13.5. The van der Waals surface area contributed by atoms with Crippen LogP contribution in [0.1, 0.15) is 34.1 Å². The Morgan fingerprint density at radius 1 is 1.20 bits per heavy atom. The average Bonchev–Trinajstić information content (AvgIpc) is 3.37. The standard InChI is InChI=1S/C25H22ClFN4O3S/c1-15-23-20(25(32)28-13-17-4-2-3-5-21(17)26)12-22(16-6-8-18(27)9-7-16)29-24(23)31(30-15)19-10-11-35(33,34)14-19/h2-9,12,19H,10-11,13-14H2,1H3,(H,28,32). The predicted octanol–water partition coefficient (Wildman–Crippen LogP) is 4.49. The fourth-order valence-corrected chi connectivity index (χ4v) is 6.29. The molecule has 1 N–H and O–H groups in total. The summed E-state index contributed by atoms with van der Waals surface area (Å²) < 4.78 is 39.4. The Kier molecular flexibility index (Phi) is 6.06. The Hall–Kier alpha value is -3.30. The number of sulfone groups is 1. The van der Waals surface area contributed by atoms with Crippen molar-refractivity contribution < 1.29 is 17.6 Å². The molecule has 0 saturated carbocycles. The van der Waals surface area contributed by atoms with Crippen LogP contribution in [0.25, 0.3) is 22.3 Å². The van der Waals surface area contributed by atoms with E-state index in [2.05, 4.69) is 10.4 Å². The summed E-state index contributed by atoms with van der Waals surface area (Å²) in [6, 6.07) is 14.3. The molecule has 1 fully saturated rings. The van der Waals surface area contributed by atoms with E-state index < -0.39 is 9.84 Å². The lowest BCUT2D eigenvalue weighted by Gasteiger charge is -2.13. The number of nitrogens with zero attached hydrogens (tertiary/aromatic N) is 3. The molecule has 5 rings (SSSR count). The van der Waals surface area contributed by atoms with Gasteiger partial charge in [0.25, 0.3) is 5.91 Å². The molecule has 10 heteroatoms. The van der Waals surface area contributed by atoms with Crippen molar-refractivity contribution in [1.29, 1.82) is 0 Å². The fraction of sp³-hybridized carbons (Fsp3) is 0.240. The van der Waals surface area contributed by atoms with E-state index >= 15 is 0 Å². The zero-order valence-electron chi connectivity index (χ0n) is 18.8. The molecule has 0 radical (unpaired) electrons. The van der Waals surface area contributed by atoms with Crippen molar-refractivity contribution in [3.63, 3.8) is 0 Å². The molecule has 180 valence electrons. The summed E-state index contributed by atoms with van der Waals surface area (Å²) in [5, 5.41) is 8.60. The second kappa shape index (κ2) is 9.05. The second-order valence-corrected chi connectivity index (χ2v) is 11.3. The molecule has 1 unspecified atom stereocenters. The molecule has 0 bridgehead atoms. The van der Waals surface area contributed by atoms with E-state index in [1.807, 2.05) is 18.2 Å². The van der Waals surface area contributed by atoms with Crippen LogP contribution >= 0.6 is 11.6 Å². The van der Waals surface area contributed by atoms with Gasteiger partial charge in [-0.05, 0) is 55.3 Å². The van der Waals surface area contributed by atoms with Crippen molar-refractivity contribution in [3.05, 3.63) is 82.3 Å². The zero-order valence-corrected chi connectivity index (χ0v) is 20.4. The van der Waals surface area contributed by atoms with Crippen LogP contribution < -0.4 is 5.32 Å². The third-order valence-corrected chi connectivity index (χ3v) is 8.29. The first kappa shape index (κ1) is 23.4. The number of nitrogens with one attached hydrogen (secondary N) is 1. The highest BCUT2D eigenvalue weighted by Gasteiger charge is 2.32. The second-order valence-electron chi connectivity index (χ2n) is 8.62. The zero-order chi connectivity index (χ0) is 24.7. The normalized spacial score (nSPS) is 17.1. The minimum Gasteiger partial charge on any atom is -0.348 e. The van der Waals surface area contributed by atoms with E-state index in [0.717, 1.165) is 5.56 Å². The minimum absolute atomic E-state index is 0.0281. The lowest BCUT2D eigenvalue weighted by Crippen LogP contribution is -2.23. The fourth-order valence-electron chi connectivity index (χ4n) is 4.40. The van der Waals surface area contributed by atoms with Crippen molar-refractivity contribution in [2.45, 2.75) is 25.9 Å². The number of carbonyl (C=O) groups is 1. The van der Waals surface area contributed by atoms with Crippen molar-refractivity contribution >= 4 is 38.4 Å². The van der Waals surface area contributed by atoms with Gasteiger partial charge in [-0.15, -0.1) is 0 Å². The molecule has 2 aromatic carbocycles. The highest BCUT2D eigenvalue weighted by atomic mass is 35.5. The van der Waals surface area contributed by atoms with Crippen LogP contribution in [0.15, 0.2) is 54.6 Å². The predicted molar refractivity (Wildman–Crippen MR) is 133 cm³/mol. The molecule has 7 nitrogen and oxygen atoms in total. The summed E-state index contributed by atoms with van der Waals surface area (Å²) >= 11 is 6.24. The molecule has 0 aliphatic carbocycles. The first-order chi connectivity index (χ1) is 16.7. The SMILES string of the molecule is Cc1nn(C2CCS(=O)(=O)C2)c2nc(-c3ccc(F)cc3)cc(C(=O)NCc3ccccc3Cl)c12. The van der Waals surface area contributed by atoms with Gasteiger partial charge in [0.15, 0.2) is 15.5 Å². The van der Waals surface area contributed by atoms with Gasteiger partial charge in [-0.25, -0.2) is 22.5 Å². The molecule has 1 saturated heterocycles. The molecule has 35 heavy (non-hydrogen) atoms. The van der Waals surface area contributed by atoms with Crippen molar-refractivity contribution in [2.75, 3.05) is 11.5 Å². The van der Waals surface area contributed by atoms with Gasteiger partial charge in [0.05, 0.1) is 39.9 Å². The maximum absolute atomic E-state index is 13.5. The van der Waals surface area contributed by atoms with Crippen LogP contribution in [-0.2, 0) is 16.4 Å². The van der Waals surface area contributed by atoms with E-state index in [9.17, 15) is 17.6 Å². The van der Waals surface area contributed by atoms with E-state index in [1.54, 1.807) is 35.9 Å². The highest BCUT2D eigenvalue weighted by Crippen LogP contribution is 2.32. The number of hydrogen-bond acceptors (Lipinski definition) is 5. The average molecular weight is 513 g/mol. The molecule has 1 amide bonds. The highest BCUT2D eigenvalue weighted by molar-refractivity contribution is 7.91. The molecular formula is C25H22ClFN4O3S. The molecule has 1 aliphatic heterocycles. The summed E-state index contributed by atoms with van der Waals surface area (Å²) in [5.41, 5.74) is 3.21. The monoisotopic (exact) mass is 512 g/mol. The molecule has 3 heterocycles. The van der Waals surface area contributed by atoms with Crippen molar-refractivity contribution in [1.82, 2.24) is 20.1 Å². The van der Waals surface area contributed by atoms with Gasteiger partial charge < -0.3 is 5.32 Å². The van der Waals surface area contributed by atoms with Crippen LogP contribution in [0, 0.1) is 12.7 Å². The number of amides is 1. The summed E-state index contributed by atoms with van der Waals surface area (Å²) in [6.45, 7) is 1.99. The topological polar surface area (TPSA) is 93.9 Å². The van der Waals surface area contributed by atoms with Crippen LogP contribution in [0.3, 0.4) is 0 Å². The van der Waals surface area contributed by atoms with Gasteiger partial charge in [0.2, 0.25) is 0 Å². The number of pyridine rings is 1. The van der Waals surface area contributed by atoms with Gasteiger partial charge in [0, 0.05) is 17.1 Å². The third kappa shape index (κ3) is 4.66. The number of hydrogen-bond donors (Lipinski definition) is 1. The number of rotatable bonds is 5. The first-order valence-electron chi connectivity index (χ1n) is 11.1. The summed E-state index contributed by atoms with van der Waals surface area (Å²) in [4.78, 5) is 18.1. The molecule has 2 aromatic heterocycles. The Bertz CT molecular complexity index is 1550. The lowest BCUT2D eigenvalue weighted by molar-refractivity contribution is 0.0952. The summed E-state index contributed by atoms with van der Waals surface area (Å²) in [6.07, 6.45) is 0.426. The van der Waals surface area contributed by atoms with Gasteiger partial charge in [-0.3, -0.25) is 4.79 Å². The van der Waals surface area contributed by atoms with Gasteiger partial charge in [-0.2, -0.15) is 5.10 Å². The van der Waals surface area contributed by atoms with Crippen LogP contribution in [0.4, 0.5) is 4.39 Å². The minimum atomic E-state index is -3.16. The quantitative estimate of drug-likeness (QED) is 0.425. The van der Waals surface area contributed by atoms with Crippen molar-refractivity contribution in [2.24, 2.45) is 0 Å².